The number of ether oxygens (including phenoxy) is 1. The van der Waals surface area contributed by atoms with Gasteiger partial charge >= 0.3 is 0 Å². The fourth-order valence-corrected chi connectivity index (χ4v) is 3.82. The fraction of sp³-hybridized carbons (Fsp3) is 0.278. The summed E-state index contributed by atoms with van der Waals surface area (Å²) in [4.78, 5) is 12.6. The summed E-state index contributed by atoms with van der Waals surface area (Å²) >= 11 is 6.05. The minimum atomic E-state index is -3.69. The molecule has 2 aromatic carbocycles. The van der Waals surface area contributed by atoms with Crippen molar-refractivity contribution in [3.63, 3.8) is 0 Å². The number of carbonyl (C=O) groups is 1. The van der Waals surface area contributed by atoms with Crippen molar-refractivity contribution < 1.29 is 17.9 Å². The minimum absolute atomic E-state index is 0.373. The molecule has 6 nitrogen and oxygen atoms in total. The highest BCUT2D eigenvalue weighted by Crippen LogP contribution is 2.26. The second kappa shape index (κ2) is 8.42. The number of amides is 1. The van der Waals surface area contributed by atoms with Gasteiger partial charge < -0.3 is 10.1 Å². The fourth-order valence-electron chi connectivity index (χ4n) is 2.46. The molecule has 0 radical (unpaired) electrons. The van der Waals surface area contributed by atoms with Gasteiger partial charge in [-0.3, -0.25) is 9.10 Å². The summed E-state index contributed by atoms with van der Waals surface area (Å²) in [5, 5.41) is 3.04. The first-order valence-corrected chi connectivity index (χ1v) is 10.2. The quantitative estimate of drug-likeness (QED) is 0.776. The molecule has 0 saturated carbocycles. The van der Waals surface area contributed by atoms with Gasteiger partial charge in [0.25, 0.3) is 0 Å². The number of nitrogens with one attached hydrogen (secondary N) is 1. The molecule has 0 fully saturated rings. The highest BCUT2D eigenvalue weighted by Gasteiger charge is 2.29. The smallest absolute Gasteiger partial charge is 0.248 e. The van der Waals surface area contributed by atoms with Gasteiger partial charge in [0.1, 0.15) is 11.8 Å². The lowest BCUT2D eigenvalue weighted by Gasteiger charge is -2.28. The molecular formula is C18H21ClN2O4S. The second-order valence-electron chi connectivity index (χ2n) is 5.63. The summed E-state index contributed by atoms with van der Waals surface area (Å²) < 4.78 is 31.0. The van der Waals surface area contributed by atoms with Gasteiger partial charge in [0.2, 0.25) is 15.9 Å². The number of benzene rings is 2. The van der Waals surface area contributed by atoms with Crippen LogP contribution in [0.25, 0.3) is 0 Å². The van der Waals surface area contributed by atoms with Crippen LogP contribution in [0.2, 0.25) is 5.02 Å². The molecule has 1 N–H and O–H groups in total. The van der Waals surface area contributed by atoms with Crippen LogP contribution in [0.15, 0.2) is 48.5 Å². The van der Waals surface area contributed by atoms with E-state index in [0.717, 1.165) is 10.6 Å². The first-order valence-electron chi connectivity index (χ1n) is 8.01. The maximum Gasteiger partial charge on any atom is 0.248 e. The molecular weight excluding hydrogens is 376 g/mol. The second-order valence-corrected chi connectivity index (χ2v) is 7.90. The molecule has 140 valence electrons. The van der Waals surface area contributed by atoms with E-state index in [1.54, 1.807) is 48.5 Å². The number of sulfonamides is 1. The third-order valence-corrected chi connectivity index (χ3v) is 5.19. The Bertz CT molecular complexity index is 869. The molecule has 0 aliphatic carbocycles. The molecule has 0 heterocycles. The van der Waals surface area contributed by atoms with E-state index in [1.165, 1.54) is 6.92 Å². The summed E-state index contributed by atoms with van der Waals surface area (Å²) in [5.41, 5.74) is 0.795. The van der Waals surface area contributed by atoms with Crippen LogP contribution < -0.4 is 14.4 Å². The minimum Gasteiger partial charge on any atom is -0.494 e. The van der Waals surface area contributed by atoms with E-state index in [9.17, 15) is 13.2 Å². The van der Waals surface area contributed by atoms with E-state index in [0.29, 0.717) is 28.8 Å². The maximum atomic E-state index is 12.6. The maximum absolute atomic E-state index is 12.6. The number of rotatable bonds is 7. The summed E-state index contributed by atoms with van der Waals surface area (Å²) in [6.45, 7) is 3.88. The zero-order chi connectivity index (χ0) is 19.3. The normalized spacial score (nSPS) is 12.3. The number of nitrogens with zero attached hydrogens (tertiary/aromatic N) is 1. The number of hydrogen-bond donors (Lipinski definition) is 1. The topological polar surface area (TPSA) is 75.7 Å². The zero-order valence-electron chi connectivity index (χ0n) is 14.8. The van der Waals surface area contributed by atoms with E-state index < -0.39 is 22.0 Å². The predicted octanol–water partition coefficient (Wildman–Crippen LogP) is 3.53. The highest BCUT2D eigenvalue weighted by atomic mass is 35.5. The lowest BCUT2D eigenvalue weighted by atomic mass is 10.2. The lowest BCUT2D eigenvalue weighted by Crippen LogP contribution is -2.45. The molecule has 8 heteroatoms. The number of anilines is 2. The summed E-state index contributed by atoms with van der Waals surface area (Å²) in [7, 11) is -3.69. The molecule has 2 aromatic rings. The van der Waals surface area contributed by atoms with Crippen LogP contribution in [-0.2, 0) is 14.8 Å². The van der Waals surface area contributed by atoms with Gasteiger partial charge in [0.05, 0.1) is 29.3 Å². The molecule has 0 unspecified atom stereocenters. The van der Waals surface area contributed by atoms with E-state index in [-0.39, 0.29) is 0 Å². The van der Waals surface area contributed by atoms with E-state index in [1.807, 2.05) is 6.92 Å². The molecule has 0 bridgehead atoms. The molecule has 0 spiro atoms. The number of carbonyl (C=O) groups excluding carboxylic acids is 1. The first-order chi connectivity index (χ1) is 12.2. The van der Waals surface area contributed by atoms with Crippen LogP contribution in [0, 0.1) is 0 Å². The Morgan fingerprint density at radius 1 is 1.19 bits per heavy atom. The molecule has 0 aliphatic rings. The van der Waals surface area contributed by atoms with E-state index >= 15 is 0 Å². The van der Waals surface area contributed by atoms with Gasteiger partial charge in [-0.25, -0.2) is 8.42 Å². The van der Waals surface area contributed by atoms with Crippen molar-refractivity contribution in [3.05, 3.63) is 53.6 Å². The Morgan fingerprint density at radius 3 is 2.35 bits per heavy atom. The SMILES string of the molecule is CCOc1ccc(N([C@H](C)C(=O)Nc2ccccc2Cl)S(C)(=O)=O)cc1. The molecule has 0 aliphatic heterocycles. The Morgan fingerprint density at radius 2 is 1.81 bits per heavy atom. The third-order valence-electron chi connectivity index (χ3n) is 3.62. The van der Waals surface area contributed by atoms with Crippen molar-refractivity contribution in [3.8, 4) is 5.75 Å². The zero-order valence-corrected chi connectivity index (χ0v) is 16.3. The van der Waals surface area contributed by atoms with E-state index in [2.05, 4.69) is 5.32 Å². The Hall–Kier alpha value is -2.25. The largest absolute Gasteiger partial charge is 0.494 e. The molecule has 26 heavy (non-hydrogen) atoms. The number of para-hydroxylation sites is 1. The monoisotopic (exact) mass is 396 g/mol. The third kappa shape index (κ3) is 4.89. The van der Waals surface area contributed by atoms with Crippen molar-refractivity contribution in [1.29, 1.82) is 0 Å². The summed E-state index contributed by atoms with van der Waals surface area (Å²) in [6, 6.07) is 12.3. The summed E-state index contributed by atoms with van der Waals surface area (Å²) in [6.07, 6.45) is 1.06. The van der Waals surface area contributed by atoms with Gasteiger partial charge in [0.15, 0.2) is 0 Å². The highest BCUT2D eigenvalue weighted by molar-refractivity contribution is 7.92. The van der Waals surface area contributed by atoms with Gasteiger partial charge in [-0.05, 0) is 50.2 Å². The van der Waals surface area contributed by atoms with Crippen LogP contribution in [0.4, 0.5) is 11.4 Å². The van der Waals surface area contributed by atoms with E-state index in [4.69, 9.17) is 16.3 Å². The van der Waals surface area contributed by atoms with Gasteiger partial charge in [-0.15, -0.1) is 0 Å². The van der Waals surface area contributed by atoms with Crippen molar-refractivity contribution in [1.82, 2.24) is 0 Å². The lowest BCUT2D eigenvalue weighted by molar-refractivity contribution is -0.116. The molecule has 1 amide bonds. The number of hydrogen-bond acceptors (Lipinski definition) is 4. The van der Waals surface area contributed by atoms with Crippen LogP contribution in [0.1, 0.15) is 13.8 Å². The van der Waals surface area contributed by atoms with Crippen LogP contribution >= 0.6 is 11.6 Å². The molecule has 0 saturated heterocycles. The van der Waals surface area contributed by atoms with Crippen molar-refractivity contribution in [2.45, 2.75) is 19.9 Å². The average Bonchev–Trinajstić information content (AvgIpc) is 2.57. The Balaban J connectivity index is 2.28. The van der Waals surface area contributed by atoms with Gasteiger partial charge in [0, 0.05) is 0 Å². The average molecular weight is 397 g/mol. The predicted molar refractivity (Wildman–Crippen MR) is 104 cm³/mol. The molecule has 2 rings (SSSR count). The van der Waals surface area contributed by atoms with Crippen molar-refractivity contribution >= 4 is 38.9 Å². The summed E-state index contributed by atoms with van der Waals surface area (Å²) in [5.74, 6) is 0.135. The molecule has 1 atom stereocenters. The first kappa shape index (κ1) is 20.1. The number of halogens is 1. The van der Waals surface area contributed by atoms with Crippen LogP contribution in [0.5, 0.6) is 5.75 Å². The van der Waals surface area contributed by atoms with Gasteiger partial charge in [-0.2, -0.15) is 0 Å². The Labute approximate surface area is 158 Å². The van der Waals surface area contributed by atoms with Crippen LogP contribution in [-0.4, -0.2) is 33.2 Å². The van der Waals surface area contributed by atoms with Gasteiger partial charge in [-0.1, -0.05) is 23.7 Å². The van der Waals surface area contributed by atoms with Crippen molar-refractivity contribution in [2.75, 3.05) is 22.5 Å². The standard InChI is InChI=1S/C18H21ClN2O4S/c1-4-25-15-11-9-14(10-12-15)21(26(3,23)24)13(2)18(22)20-17-8-6-5-7-16(17)19/h5-13H,4H2,1-3H3,(H,20,22)/t13-/m1/s1. The molecule has 0 aromatic heterocycles. The van der Waals surface area contributed by atoms with Crippen molar-refractivity contribution in [2.24, 2.45) is 0 Å². The Kier molecular flexibility index (Phi) is 6.50. The van der Waals surface area contributed by atoms with Crippen LogP contribution in [0.3, 0.4) is 0 Å².